The third-order valence-corrected chi connectivity index (χ3v) is 4.68. The summed E-state index contributed by atoms with van der Waals surface area (Å²) in [7, 11) is 1.37. The topological polar surface area (TPSA) is 63.5 Å². The molecule has 5 nitrogen and oxygen atoms in total. The van der Waals surface area contributed by atoms with Crippen molar-refractivity contribution < 1.29 is 14.6 Å². The molecule has 1 saturated heterocycles. The molecule has 0 aliphatic carbocycles. The second-order valence-electron chi connectivity index (χ2n) is 5.94. The molecule has 3 rings (SSSR count). The molecule has 1 aliphatic rings. The monoisotopic (exact) mass is 364 g/mol. The molecule has 1 aromatic heterocycles. The average Bonchev–Trinajstić information content (AvgIpc) is 2.96. The van der Waals surface area contributed by atoms with Crippen LogP contribution in [0.15, 0.2) is 36.5 Å². The van der Waals surface area contributed by atoms with Crippen LogP contribution in [-0.2, 0) is 11.3 Å². The van der Waals surface area contributed by atoms with Crippen molar-refractivity contribution in [1.82, 2.24) is 9.88 Å². The third-order valence-electron chi connectivity index (χ3n) is 4.37. The van der Waals surface area contributed by atoms with Gasteiger partial charge in [0, 0.05) is 18.1 Å². The molecule has 0 spiro atoms. The van der Waals surface area contributed by atoms with Crippen LogP contribution >= 0.6 is 11.6 Å². The summed E-state index contributed by atoms with van der Waals surface area (Å²) in [5, 5.41) is 14.6. The van der Waals surface area contributed by atoms with E-state index in [2.05, 4.69) is 5.32 Å². The highest BCUT2D eigenvalue weighted by Crippen LogP contribution is 2.28. The maximum absolute atomic E-state index is 12.0. The minimum absolute atomic E-state index is 0. The smallest absolute Gasteiger partial charge is 0.340 e. The van der Waals surface area contributed by atoms with Crippen LogP contribution < -0.4 is 5.32 Å². The standard InChI is InChI=1S/C18H21ClN2O3.CH4/c1-24-18(23)13-11-21(17-12(13)5-2-6-14(17)19)10-4-7-15-16(22)8-3-9-20-15;/h2,4-7,11,15-16,20,22H,3,8-10H2,1H3;1H4/b7-4+;/t15-,16+;/m1./s1. The van der Waals surface area contributed by atoms with Gasteiger partial charge in [-0.3, -0.25) is 0 Å². The Hall–Kier alpha value is -1.82. The van der Waals surface area contributed by atoms with Gasteiger partial charge < -0.3 is 19.7 Å². The Balaban J connectivity index is 0.00000225. The number of carbonyl (C=O) groups is 1. The van der Waals surface area contributed by atoms with E-state index in [4.69, 9.17) is 16.3 Å². The Bertz CT molecular complexity index is 769. The second kappa shape index (κ2) is 8.52. The van der Waals surface area contributed by atoms with Gasteiger partial charge in [0.1, 0.15) is 0 Å². The molecular weight excluding hydrogens is 340 g/mol. The number of hydrogen-bond donors (Lipinski definition) is 2. The van der Waals surface area contributed by atoms with Gasteiger partial charge in [-0.15, -0.1) is 0 Å². The quantitative estimate of drug-likeness (QED) is 0.644. The molecule has 1 aliphatic heterocycles. The normalized spacial score (nSPS) is 20.6. The van der Waals surface area contributed by atoms with Crippen molar-refractivity contribution in [3.05, 3.63) is 47.1 Å². The number of aromatic nitrogens is 1. The molecule has 1 aromatic carbocycles. The Morgan fingerprint density at radius 1 is 1.52 bits per heavy atom. The fourth-order valence-corrected chi connectivity index (χ4v) is 3.43. The first kappa shape index (κ1) is 19.5. The summed E-state index contributed by atoms with van der Waals surface area (Å²) in [6.07, 6.45) is 7.17. The van der Waals surface area contributed by atoms with Gasteiger partial charge in [-0.1, -0.05) is 43.3 Å². The molecule has 0 amide bonds. The van der Waals surface area contributed by atoms with E-state index < -0.39 is 0 Å². The van der Waals surface area contributed by atoms with Crippen molar-refractivity contribution in [3.63, 3.8) is 0 Å². The SMILES string of the molecule is C.COC(=O)c1cn(C/C=C/[C@H]2NCCC[C@@H]2O)c2c(Cl)cccc12. The Morgan fingerprint density at radius 2 is 2.32 bits per heavy atom. The minimum Gasteiger partial charge on any atom is -0.465 e. The number of benzene rings is 1. The van der Waals surface area contributed by atoms with Crippen LogP contribution in [0, 0.1) is 0 Å². The number of ether oxygens (including phenoxy) is 1. The number of piperidine rings is 1. The number of nitrogens with zero attached hydrogens (tertiary/aromatic N) is 1. The van der Waals surface area contributed by atoms with Crippen LogP contribution in [0.1, 0.15) is 30.6 Å². The maximum Gasteiger partial charge on any atom is 0.340 e. The largest absolute Gasteiger partial charge is 0.465 e. The first-order chi connectivity index (χ1) is 11.6. The van der Waals surface area contributed by atoms with Gasteiger partial charge in [-0.25, -0.2) is 4.79 Å². The summed E-state index contributed by atoms with van der Waals surface area (Å²) in [4.78, 5) is 12.0. The number of allylic oxidation sites excluding steroid dienone is 1. The minimum atomic E-state index is -0.380. The van der Waals surface area contributed by atoms with Crippen molar-refractivity contribution >= 4 is 28.5 Å². The van der Waals surface area contributed by atoms with E-state index in [0.29, 0.717) is 17.1 Å². The third kappa shape index (κ3) is 4.06. The molecule has 0 radical (unpaired) electrons. The molecule has 2 N–H and O–H groups in total. The molecule has 0 saturated carbocycles. The van der Waals surface area contributed by atoms with Crippen LogP contribution in [0.4, 0.5) is 0 Å². The molecule has 0 bridgehead atoms. The zero-order valence-electron chi connectivity index (χ0n) is 13.5. The number of halogens is 1. The summed E-state index contributed by atoms with van der Waals surface area (Å²) < 4.78 is 6.78. The number of aliphatic hydroxyl groups excluding tert-OH is 1. The number of rotatable bonds is 4. The average molecular weight is 365 g/mol. The van der Waals surface area contributed by atoms with Crippen LogP contribution in [0.5, 0.6) is 0 Å². The van der Waals surface area contributed by atoms with Crippen LogP contribution in [0.3, 0.4) is 0 Å². The summed E-state index contributed by atoms with van der Waals surface area (Å²) in [5.74, 6) is -0.380. The number of carbonyl (C=O) groups excluding carboxylic acids is 1. The molecular formula is C19H25ClN2O3. The molecule has 136 valence electrons. The Labute approximate surface area is 153 Å². The van der Waals surface area contributed by atoms with E-state index in [1.807, 2.05) is 28.9 Å². The van der Waals surface area contributed by atoms with Gasteiger partial charge in [-0.2, -0.15) is 0 Å². The number of nitrogens with one attached hydrogen (secondary N) is 1. The summed E-state index contributed by atoms with van der Waals surface area (Å²) in [5.41, 5.74) is 1.31. The maximum atomic E-state index is 12.0. The lowest BCUT2D eigenvalue weighted by atomic mass is 10.0. The highest BCUT2D eigenvalue weighted by atomic mass is 35.5. The highest BCUT2D eigenvalue weighted by molar-refractivity contribution is 6.35. The summed E-state index contributed by atoms with van der Waals surface area (Å²) in [6, 6.07) is 5.45. The predicted molar refractivity (Wildman–Crippen MR) is 101 cm³/mol. The first-order valence-electron chi connectivity index (χ1n) is 8.05. The first-order valence-corrected chi connectivity index (χ1v) is 8.43. The van der Waals surface area contributed by atoms with Gasteiger partial charge in [0.2, 0.25) is 0 Å². The number of aliphatic hydroxyl groups is 1. The Kier molecular flexibility index (Phi) is 6.64. The zero-order chi connectivity index (χ0) is 17.1. The lowest BCUT2D eigenvalue weighted by Gasteiger charge is -2.26. The van der Waals surface area contributed by atoms with Gasteiger partial charge in [0.15, 0.2) is 0 Å². The van der Waals surface area contributed by atoms with Gasteiger partial charge in [-0.05, 0) is 25.5 Å². The molecule has 1 fully saturated rings. The van der Waals surface area contributed by atoms with Gasteiger partial charge in [0.25, 0.3) is 0 Å². The van der Waals surface area contributed by atoms with Crippen molar-refractivity contribution in [2.75, 3.05) is 13.7 Å². The van der Waals surface area contributed by atoms with E-state index in [1.54, 1.807) is 12.3 Å². The summed E-state index contributed by atoms with van der Waals surface area (Å²) >= 11 is 6.32. The molecule has 2 atom stereocenters. The lowest BCUT2D eigenvalue weighted by Crippen LogP contribution is -2.43. The fourth-order valence-electron chi connectivity index (χ4n) is 3.14. The Morgan fingerprint density at radius 3 is 3.04 bits per heavy atom. The van der Waals surface area contributed by atoms with Crippen molar-refractivity contribution in [2.24, 2.45) is 0 Å². The lowest BCUT2D eigenvalue weighted by molar-refractivity contribution is 0.0602. The number of fused-ring (bicyclic) bond motifs is 1. The molecule has 6 heteroatoms. The number of esters is 1. The van der Waals surface area contributed by atoms with Crippen LogP contribution in [0.2, 0.25) is 5.02 Å². The van der Waals surface area contributed by atoms with Crippen LogP contribution in [0.25, 0.3) is 10.9 Å². The van der Waals surface area contributed by atoms with Gasteiger partial charge in [0.05, 0.1) is 35.4 Å². The molecule has 2 heterocycles. The second-order valence-corrected chi connectivity index (χ2v) is 6.35. The van der Waals surface area contributed by atoms with E-state index in [1.165, 1.54) is 7.11 Å². The highest BCUT2D eigenvalue weighted by Gasteiger charge is 2.20. The fraction of sp³-hybridized carbons (Fsp3) is 0.421. The number of para-hydroxylation sites is 1. The number of methoxy groups -OCH3 is 1. The van der Waals surface area contributed by atoms with E-state index in [9.17, 15) is 9.90 Å². The van der Waals surface area contributed by atoms with Crippen LogP contribution in [-0.4, -0.2) is 41.4 Å². The molecule has 0 unspecified atom stereocenters. The summed E-state index contributed by atoms with van der Waals surface area (Å²) in [6.45, 7) is 1.47. The van der Waals surface area contributed by atoms with Crippen molar-refractivity contribution in [1.29, 1.82) is 0 Å². The van der Waals surface area contributed by atoms with Crippen molar-refractivity contribution in [3.8, 4) is 0 Å². The molecule has 25 heavy (non-hydrogen) atoms. The van der Waals surface area contributed by atoms with Gasteiger partial charge >= 0.3 is 5.97 Å². The van der Waals surface area contributed by atoms with E-state index in [-0.39, 0.29) is 25.5 Å². The van der Waals surface area contributed by atoms with E-state index >= 15 is 0 Å². The number of hydrogen-bond acceptors (Lipinski definition) is 4. The van der Waals surface area contributed by atoms with E-state index in [0.717, 1.165) is 30.3 Å². The zero-order valence-corrected chi connectivity index (χ0v) is 14.3. The molecule has 2 aromatic rings. The van der Waals surface area contributed by atoms with Crippen molar-refractivity contribution in [2.45, 2.75) is 39.0 Å². The predicted octanol–water partition coefficient (Wildman–Crippen LogP) is 3.39.